The lowest BCUT2D eigenvalue weighted by atomic mass is 9.97. The van der Waals surface area contributed by atoms with E-state index < -0.39 is 0 Å². The van der Waals surface area contributed by atoms with Crippen LogP contribution in [0.15, 0.2) is 18.5 Å². The van der Waals surface area contributed by atoms with Gasteiger partial charge in [0.15, 0.2) is 0 Å². The van der Waals surface area contributed by atoms with Gasteiger partial charge in [-0.1, -0.05) is 19.1 Å². The van der Waals surface area contributed by atoms with Gasteiger partial charge in [0.2, 0.25) is 5.95 Å². The van der Waals surface area contributed by atoms with Gasteiger partial charge in [-0.3, -0.25) is 4.68 Å². The molecule has 0 spiro atoms. The predicted molar refractivity (Wildman–Crippen MR) is 89.9 cm³/mol. The molecule has 2 aromatic heterocycles. The summed E-state index contributed by atoms with van der Waals surface area (Å²) >= 11 is 0. The summed E-state index contributed by atoms with van der Waals surface area (Å²) in [5.41, 5.74) is 6.93. The van der Waals surface area contributed by atoms with Crippen LogP contribution < -0.4 is 10.6 Å². The Bertz CT molecular complexity index is 615. The van der Waals surface area contributed by atoms with Crippen LogP contribution in [-0.2, 0) is 13.0 Å². The van der Waals surface area contributed by atoms with Gasteiger partial charge < -0.3 is 10.6 Å². The summed E-state index contributed by atoms with van der Waals surface area (Å²) in [5.74, 6) is 2.54. The fourth-order valence-electron chi connectivity index (χ4n) is 3.13. The highest BCUT2D eigenvalue weighted by atomic mass is 15.4. The van der Waals surface area contributed by atoms with Crippen LogP contribution in [0.3, 0.4) is 0 Å². The molecule has 0 amide bonds. The Kier molecular flexibility index (Phi) is 4.73. The lowest BCUT2D eigenvalue weighted by molar-refractivity contribution is 0.338. The molecular weight excluding hydrogens is 290 g/mol. The normalized spacial score (nSPS) is 16.2. The summed E-state index contributed by atoms with van der Waals surface area (Å²) in [4.78, 5) is 11.1. The Hall–Kier alpha value is -2.18. The smallest absolute Gasteiger partial charge is 0.222 e. The molecule has 3 heterocycles. The van der Waals surface area contributed by atoms with E-state index in [0.717, 1.165) is 50.4 Å². The van der Waals surface area contributed by atoms with Gasteiger partial charge in [0, 0.05) is 37.6 Å². The van der Waals surface area contributed by atoms with Crippen molar-refractivity contribution in [3.05, 3.63) is 24.2 Å². The summed E-state index contributed by atoms with van der Waals surface area (Å²) < 4.78 is 1.92. The van der Waals surface area contributed by atoms with Crippen LogP contribution in [0.25, 0.3) is 0 Å². The summed E-state index contributed by atoms with van der Waals surface area (Å²) in [6.07, 6.45) is 6.85. The van der Waals surface area contributed by atoms with Gasteiger partial charge >= 0.3 is 0 Å². The molecule has 1 aliphatic heterocycles. The van der Waals surface area contributed by atoms with Crippen LogP contribution in [0.5, 0.6) is 0 Å². The second-order valence-corrected chi connectivity index (χ2v) is 6.73. The molecule has 1 saturated heterocycles. The topological polar surface area (TPSA) is 85.8 Å². The number of nitrogens with zero attached hydrogens (tertiary/aromatic N) is 6. The lowest BCUT2D eigenvalue weighted by Crippen LogP contribution is -2.35. The summed E-state index contributed by atoms with van der Waals surface area (Å²) in [5, 5.41) is 7.92. The lowest BCUT2D eigenvalue weighted by Gasteiger charge is -2.32. The molecule has 0 aromatic carbocycles. The molecule has 0 bridgehead atoms. The van der Waals surface area contributed by atoms with Gasteiger partial charge in [0.05, 0.1) is 6.20 Å². The third kappa shape index (κ3) is 4.18. The minimum absolute atomic E-state index is 0.378. The fourth-order valence-corrected chi connectivity index (χ4v) is 3.13. The Morgan fingerprint density at radius 2 is 2.04 bits per heavy atom. The molecule has 0 unspecified atom stereocenters. The molecule has 2 N–H and O–H groups in total. The quantitative estimate of drug-likeness (QED) is 0.905. The van der Waals surface area contributed by atoms with Crippen molar-refractivity contribution in [3.8, 4) is 0 Å². The third-order valence-electron chi connectivity index (χ3n) is 4.26. The first-order valence-electron chi connectivity index (χ1n) is 8.32. The average Bonchev–Trinajstić information content (AvgIpc) is 2.99. The molecule has 2 aromatic rings. The molecule has 1 fully saturated rings. The van der Waals surface area contributed by atoms with Crippen LogP contribution in [0.1, 0.15) is 32.4 Å². The van der Waals surface area contributed by atoms with Crippen LogP contribution in [-0.4, -0.2) is 38.1 Å². The molecule has 0 aliphatic carbocycles. The highest BCUT2D eigenvalue weighted by Crippen LogP contribution is 2.24. The van der Waals surface area contributed by atoms with Crippen molar-refractivity contribution in [1.82, 2.24) is 25.0 Å². The summed E-state index contributed by atoms with van der Waals surface area (Å²) in [6, 6.07) is 2.09. The summed E-state index contributed by atoms with van der Waals surface area (Å²) in [6.45, 7) is 7.31. The van der Waals surface area contributed by atoms with Gasteiger partial charge in [-0.15, -0.1) is 5.10 Å². The molecule has 7 nitrogen and oxygen atoms in total. The standard InChI is InChI=1S/C16H25N7/c1-12(2)9-14-10-15(20-16(17)19-14)22-6-3-13(4-7-22)11-23-8-5-18-21-23/h5,8,10,12-13H,3-4,6-7,9,11H2,1-2H3,(H2,17,19,20). The number of piperidine rings is 1. The molecule has 23 heavy (non-hydrogen) atoms. The van der Waals surface area contributed by atoms with Gasteiger partial charge in [-0.25, -0.2) is 4.98 Å². The van der Waals surface area contributed by atoms with Crippen molar-refractivity contribution >= 4 is 11.8 Å². The van der Waals surface area contributed by atoms with Crippen molar-refractivity contribution in [3.63, 3.8) is 0 Å². The first-order valence-corrected chi connectivity index (χ1v) is 8.32. The Labute approximate surface area is 136 Å². The van der Waals surface area contributed by atoms with Crippen LogP contribution >= 0.6 is 0 Å². The zero-order valence-corrected chi connectivity index (χ0v) is 13.9. The largest absolute Gasteiger partial charge is 0.368 e. The third-order valence-corrected chi connectivity index (χ3v) is 4.26. The maximum Gasteiger partial charge on any atom is 0.222 e. The number of aromatic nitrogens is 5. The van der Waals surface area contributed by atoms with E-state index in [-0.39, 0.29) is 0 Å². The van der Waals surface area contributed by atoms with Crippen LogP contribution in [0, 0.1) is 11.8 Å². The number of hydrogen-bond donors (Lipinski definition) is 1. The van der Waals surface area contributed by atoms with E-state index in [1.54, 1.807) is 6.20 Å². The maximum absolute atomic E-state index is 5.89. The zero-order chi connectivity index (χ0) is 16.2. The molecule has 0 atom stereocenters. The first-order chi connectivity index (χ1) is 11.1. The zero-order valence-electron chi connectivity index (χ0n) is 13.9. The maximum atomic E-state index is 5.89. The molecule has 1 aliphatic rings. The van der Waals surface area contributed by atoms with Crippen LogP contribution in [0.2, 0.25) is 0 Å². The molecule has 7 heteroatoms. The highest BCUT2D eigenvalue weighted by Gasteiger charge is 2.21. The molecule has 124 valence electrons. The Balaban J connectivity index is 1.61. The fraction of sp³-hybridized carbons (Fsp3) is 0.625. The SMILES string of the molecule is CC(C)Cc1cc(N2CCC(Cn3ccnn3)CC2)nc(N)n1. The molecule has 0 radical (unpaired) electrons. The average molecular weight is 315 g/mol. The number of rotatable bonds is 5. The number of nitrogens with two attached hydrogens (primary N) is 1. The first kappa shape index (κ1) is 15.7. The van der Waals surface area contributed by atoms with Crippen molar-refractivity contribution < 1.29 is 0 Å². The number of nitrogen functional groups attached to an aromatic ring is 1. The number of hydrogen-bond acceptors (Lipinski definition) is 6. The van der Waals surface area contributed by atoms with Crippen molar-refractivity contribution in [2.45, 2.75) is 39.7 Å². The monoisotopic (exact) mass is 315 g/mol. The van der Waals surface area contributed by atoms with E-state index in [4.69, 9.17) is 5.73 Å². The number of anilines is 2. The summed E-state index contributed by atoms with van der Waals surface area (Å²) in [7, 11) is 0. The van der Waals surface area contributed by atoms with Gasteiger partial charge in [-0.2, -0.15) is 4.98 Å². The molecule has 0 saturated carbocycles. The van der Waals surface area contributed by atoms with E-state index >= 15 is 0 Å². The molecular formula is C16H25N7. The predicted octanol–water partition coefficient (Wildman–Crippen LogP) is 1.77. The highest BCUT2D eigenvalue weighted by molar-refractivity contribution is 5.44. The van der Waals surface area contributed by atoms with E-state index in [9.17, 15) is 0 Å². The van der Waals surface area contributed by atoms with Crippen LogP contribution in [0.4, 0.5) is 11.8 Å². The van der Waals surface area contributed by atoms with Gasteiger partial charge in [0.1, 0.15) is 5.82 Å². The van der Waals surface area contributed by atoms with E-state index in [1.807, 2.05) is 10.9 Å². The van der Waals surface area contributed by atoms with Crippen molar-refractivity contribution in [2.24, 2.45) is 11.8 Å². The minimum atomic E-state index is 0.378. The Morgan fingerprint density at radius 1 is 1.26 bits per heavy atom. The van der Waals surface area contributed by atoms with Crippen molar-refractivity contribution in [2.75, 3.05) is 23.7 Å². The van der Waals surface area contributed by atoms with Gasteiger partial charge in [0.25, 0.3) is 0 Å². The Morgan fingerprint density at radius 3 is 2.70 bits per heavy atom. The molecule has 3 rings (SSSR count). The second-order valence-electron chi connectivity index (χ2n) is 6.73. The second kappa shape index (κ2) is 6.93. The minimum Gasteiger partial charge on any atom is -0.368 e. The van der Waals surface area contributed by atoms with E-state index in [0.29, 0.717) is 17.8 Å². The van der Waals surface area contributed by atoms with Gasteiger partial charge in [-0.05, 0) is 31.1 Å². The van der Waals surface area contributed by atoms with E-state index in [2.05, 4.69) is 45.1 Å². The van der Waals surface area contributed by atoms with Crippen molar-refractivity contribution in [1.29, 1.82) is 0 Å². The van der Waals surface area contributed by atoms with E-state index in [1.165, 1.54) is 0 Å².